The zero-order chi connectivity index (χ0) is 23.3. The molecule has 2 aliphatic heterocycles. The van der Waals surface area contributed by atoms with Crippen molar-refractivity contribution >= 4 is 39.4 Å². The summed E-state index contributed by atoms with van der Waals surface area (Å²) in [4.78, 5) is 25.7. The quantitative estimate of drug-likeness (QED) is 0.491. The Morgan fingerprint density at radius 1 is 1.12 bits per heavy atom. The predicted octanol–water partition coefficient (Wildman–Crippen LogP) is 4.43. The van der Waals surface area contributed by atoms with Crippen molar-refractivity contribution < 1.29 is 9.53 Å². The Bertz CT molecular complexity index is 1390. The zero-order valence-electron chi connectivity index (χ0n) is 19.9. The summed E-state index contributed by atoms with van der Waals surface area (Å²) in [6.45, 7) is 8.46. The van der Waals surface area contributed by atoms with Crippen molar-refractivity contribution in [3.8, 4) is 0 Å². The third kappa shape index (κ3) is 3.68. The number of hydrogen-bond acceptors (Lipinski definition) is 5. The van der Waals surface area contributed by atoms with Gasteiger partial charge in [0.05, 0.1) is 29.8 Å². The van der Waals surface area contributed by atoms with E-state index >= 15 is 0 Å². The monoisotopic (exact) mass is 457 g/mol. The van der Waals surface area contributed by atoms with Gasteiger partial charge in [-0.2, -0.15) is 0 Å². The summed E-state index contributed by atoms with van der Waals surface area (Å²) in [6.07, 6.45) is 3.64. The summed E-state index contributed by atoms with van der Waals surface area (Å²) in [6, 6.07) is 14.1. The van der Waals surface area contributed by atoms with Crippen molar-refractivity contribution in [3.63, 3.8) is 0 Å². The Hall–Kier alpha value is -3.19. The maximum Gasteiger partial charge on any atom is 0.255 e. The highest BCUT2D eigenvalue weighted by Crippen LogP contribution is 2.29. The second kappa shape index (κ2) is 8.24. The number of imidazole rings is 1. The topological polar surface area (TPSA) is 71.8 Å². The smallest absolute Gasteiger partial charge is 0.255 e. The molecule has 176 valence electrons. The first-order valence-electron chi connectivity index (χ1n) is 12.3. The van der Waals surface area contributed by atoms with Crippen LogP contribution < -0.4 is 10.2 Å². The molecule has 1 N–H and O–H groups in total. The van der Waals surface area contributed by atoms with Gasteiger partial charge in [0, 0.05) is 30.4 Å². The SMILES string of the molecule is CC1CCCN(c2ccc3cc(C(=O)NCC4(C)COC4)c4nc5ccccc5n4c3n2)CC1. The van der Waals surface area contributed by atoms with E-state index in [2.05, 4.69) is 40.6 Å². The van der Waals surface area contributed by atoms with Gasteiger partial charge in [0.15, 0.2) is 5.65 Å². The number of amides is 1. The molecular weight excluding hydrogens is 426 g/mol. The second-order valence-electron chi connectivity index (χ2n) is 10.4. The molecule has 1 amide bonds. The fraction of sp³-hybridized carbons (Fsp3) is 0.444. The summed E-state index contributed by atoms with van der Waals surface area (Å²) in [5.41, 5.74) is 3.89. The molecule has 1 atom stereocenters. The van der Waals surface area contributed by atoms with Gasteiger partial charge in [-0.1, -0.05) is 26.0 Å². The number of fused-ring (bicyclic) bond motifs is 5. The van der Waals surface area contributed by atoms with Crippen LogP contribution in [-0.2, 0) is 4.74 Å². The molecule has 7 nitrogen and oxygen atoms in total. The maximum atomic E-state index is 13.3. The van der Waals surface area contributed by atoms with Crippen LogP contribution in [0.3, 0.4) is 0 Å². The molecule has 6 rings (SSSR count). The van der Waals surface area contributed by atoms with Crippen molar-refractivity contribution in [2.24, 2.45) is 11.3 Å². The largest absolute Gasteiger partial charge is 0.380 e. The Kier molecular flexibility index (Phi) is 5.17. The number of rotatable bonds is 4. The Morgan fingerprint density at radius 3 is 2.79 bits per heavy atom. The molecule has 0 bridgehead atoms. The summed E-state index contributed by atoms with van der Waals surface area (Å²) in [5.74, 6) is 1.64. The minimum absolute atomic E-state index is 0.00401. The maximum absolute atomic E-state index is 13.3. The van der Waals surface area contributed by atoms with E-state index in [0.29, 0.717) is 31.0 Å². The lowest BCUT2D eigenvalue weighted by Crippen LogP contribution is -2.48. The fourth-order valence-corrected chi connectivity index (χ4v) is 5.16. The van der Waals surface area contributed by atoms with Gasteiger partial charge in [-0.15, -0.1) is 0 Å². The number of nitrogens with zero attached hydrogens (tertiary/aromatic N) is 4. The van der Waals surface area contributed by atoms with Crippen LogP contribution in [0.15, 0.2) is 42.5 Å². The molecule has 1 unspecified atom stereocenters. The van der Waals surface area contributed by atoms with Crippen molar-refractivity contribution in [1.82, 2.24) is 19.7 Å². The van der Waals surface area contributed by atoms with E-state index in [0.717, 1.165) is 46.9 Å². The fourth-order valence-electron chi connectivity index (χ4n) is 5.16. The molecule has 2 saturated heterocycles. The van der Waals surface area contributed by atoms with E-state index in [-0.39, 0.29) is 11.3 Å². The number of para-hydroxylation sites is 2. The van der Waals surface area contributed by atoms with E-state index in [1.54, 1.807) is 0 Å². The molecule has 2 fully saturated rings. The number of pyridine rings is 2. The van der Waals surface area contributed by atoms with Crippen LogP contribution in [0.2, 0.25) is 0 Å². The predicted molar refractivity (Wildman–Crippen MR) is 134 cm³/mol. The molecule has 34 heavy (non-hydrogen) atoms. The average molecular weight is 458 g/mol. The molecule has 0 radical (unpaired) electrons. The van der Waals surface area contributed by atoms with Crippen LogP contribution in [-0.4, -0.2) is 53.1 Å². The van der Waals surface area contributed by atoms with Crippen LogP contribution in [0.4, 0.5) is 5.82 Å². The van der Waals surface area contributed by atoms with Gasteiger partial charge in [0.2, 0.25) is 0 Å². The van der Waals surface area contributed by atoms with Gasteiger partial charge in [-0.05, 0) is 55.5 Å². The Morgan fingerprint density at radius 2 is 1.97 bits per heavy atom. The van der Waals surface area contributed by atoms with Crippen molar-refractivity contribution in [1.29, 1.82) is 0 Å². The molecule has 2 aliphatic rings. The van der Waals surface area contributed by atoms with Crippen LogP contribution in [0.1, 0.15) is 43.5 Å². The zero-order valence-corrected chi connectivity index (χ0v) is 19.9. The number of carbonyl (C=O) groups excluding carboxylic acids is 1. The number of nitrogens with one attached hydrogen (secondary N) is 1. The van der Waals surface area contributed by atoms with Gasteiger partial charge >= 0.3 is 0 Å². The van der Waals surface area contributed by atoms with E-state index in [1.165, 1.54) is 19.3 Å². The lowest BCUT2D eigenvalue weighted by atomic mass is 9.88. The molecule has 4 aromatic rings. The summed E-state index contributed by atoms with van der Waals surface area (Å²) in [7, 11) is 0. The number of hydrogen-bond donors (Lipinski definition) is 1. The second-order valence-corrected chi connectivity index (χ2v) is 10.4. The number of carbonyl (C=O) groups is 1. The summed E-state index contributed by atoms with van der Waals surface area (Å²) < 4.78 is 7.39. The van der Waals surface area contributed by atoms with Gasteiger partial charge in [-0.3, -0.25) is 9.20 Å². The highest BCUT2D eigenvalue weighted by Gasteiger charge is 2.34. The first kappa shape index (κ1) is 21.4. The first-order valence-corrected chi connectivity index (χ1v) is 12.3. The molecule has 3 aromatic heterocycles. The van der Waals surface area contributed by atoms with Crippen LogP contribution >= 0.6 is 0 Å². The van der Waals surface area contributed by atoms with Crippen molar-refractivity contribution in [2.45, 2.75) is 33.1 Å². The highest BCUT2D eigenvalue weighted by molar-refractivity contribution is 6.05. The van der Waals surface area contributed by atoms with Gasteiger partial charge in [0.1, 0.15) is 11.5 Å². The lowest BCUT2D eigenvalue weighted by Gasteiger charge is -2.38. The summed E-state index contributed by atoms with van der Waals surface area (Å²) >= 11 is 0. The molecule has 0 saturated carbocycles. The van der Waals surface area contributed by atoms with Crippen molar-refractivity contribution in [2.75, 3.05) is 37.7 Å². The third-order valence-electron chi connectivity index (χ3n) is 7.37. The molecule has 0 aliphatic carbocycles. The Balaban J connectivity index is 1.47. The molecule has 5 heterocycles. The molecule has 0 spiro atoms. The van der Waals surface area contributed by atoms with Crippen LogP contribution in [0.25, 0.3) is 27.7 Å². The summed E-state index contributed by atoms with van der Waals surface area (Å²) in [5, 5.41) is 4.05. The van der Waals surface area contributed by atoms with E-state index in [4.69, 9.17) is 14.7 Å². The molecular formula is C27H31N5O2. The Labute approximate surface area is 199 Å². The van der Waals surface area contributed by atoms with Crippen LogP contribution in [0, 0.1) is 11.3 Å². The lowest BCUT2D eigenvalue weighted by molar-refractivity contribution is -0.0978. The standard InChI is InChI=1S/C27H31N5O2/c1-18-6-5-12-31(13-11-18)23-10-9-19-14-20(26(33)28-15-27(2)16-34-17-27)25-29-21-7-3-4-8-22(21)32(25)24(19)30-23/h3-4,7-10,14,18H,5-6,11-13,15-17H2,1-2H3,(H,28,33). The number of benzene rings is 1. The first-order chi connectivity index (χ1) is 16.5. The number of aromatic nitrogens is 3. The third-order valence-corrected chi connectivity index (χ3v) is 7.37. The highest BCUT2D eigenvalue weighted by atomic mass is 16.5. The minimum Gasteiger partial charge on any atom is -0.380 e. The average Bonchev–Trinajstić information content (AvgIpc) is 3.09. The van der Waals surface area contributed by atoms with Gasteiger partial charge in [0.25, 0.3) is 5.91 Å². The minimum atomic E-state index is -0.110. The van der Waals surface area contributed by atoms with E-state index < -0.39 is 0 Å². The van der Waals surface area contributed by atoms with E-state index in [9.17, 15) is 4.79 Å². The number of anilines is 1. The molecule has 1 aromatic carbocycles. The van der Waals surface area contributed by atoms with E-state index in [1.807, 2.05) is 30.3 Å². The van der Waals surface area contributed by atoms with Crippen LogP contribution in [0.5, 0.6) is 0 Å². The van der Waals surface area contributed by atoms with Gasteiger partial charge in [-0.25, -0.2) is 9.97 Å². The van der Waals surface area contributed by atoms with Gasteiger partial charge < -0.3 is 15.0 Å². The van der Waals surface area contributed by atoms with Crippen molar-refractivity contribution in [3.05, 3.63) is 48.0 Å². The normalized spacial score (nSPS) is 20.4. The number of ether oxygens (including phenoxy) is 1. The molecule has 7 heteroatoms.